The lowest BCUT2D eigenvalue weighted by atomic mass is 10.1. The number of aromatic nitrogens is 2. The summed E-state index contributed by atoms with van der Waals surface area (Å²) in [6, 6.07) is 0.497. The average Bonchev–Trinajstić information content (AvgIpc) is 2.36. The van der Waals surface area contributed by atoms with Gasteiger partial charge in [0.25, 0.3) is 0 Å². The van der Waals surface area contributed by atoms with Crippen LogP contribution < -0.4 is 5.32 Å². The summed E-state index contributed by atoms with van der Waals surface area (Å²) in [5.41, 5.74) is 2.79. The van der Waals surface area contributed by atoms with Gasteiger partial charge in [0.2, 0.25) is 0 Å². The normalized spacial score (nSPS) is 22.6. The third-order valence-electron chi connectivity index (χ3n) is 3.03. The van der Waals surface area contributed by atoms with Gasteiger partial charge in [-0.15, -0.1) is 0 Å². The number of nitrogens with one attached hydrogen (secondary N) is 1. The number of fused-ring (bicyclic) bond motifs is 1. The summed E-state index contributed by atoms with van der Waals surface area (Å²) in [7, 11) is 0. The molecule has 4 heteroatoms. The molecule has 0 spiro atoms. The first-order chi connectivity index (χ1) is 6.95. The van der Waals surface area contributed by atoms with Gasteiger partial charge in [0.1, 0.15) is 0 Å². The van der Waals surface area contributed by atoms with Crippen molar-refractivity contribution in [3.05, 3.63) is 17.5 Å². The predicted octanol–water partition coefficient (Wildman–Crippen LogP) is 0.490. The van der Waals surface area contributed by atoms with Gasteiger partial charge in [-0.1, -0.05) is 0 Å². The number of nitrogens with zero attached hydrogens (tertiary/aromatic N) is 2. The van der Waals surface area contributed by atoms with E-state index in [0.717, 1.165) is 32.7 Å². The molecular weight excluding hydrogens is 178 g/mol. The van der Waals surface area contributed by atoms with E-state index in [-0.39, 0.29) is 0 Å². The molecule has 1 saturated heterocycles. The van der Waals surface area contributed by atoms with Gasteiger partial charge >= 0.3 is 0 Å². The zero-order valence-electron chi connectivity index (χ0n) is 8.20. The number of hydrogen-bond acceptors (Lipinski definition) is 3. The van der Waals surface area contributed by atoms with Crippen LogP contribution in [0.4, 0.5) is 0 Å². The largest absolute Gasteiger partial charge is 0.377 e. The van der Waals surface area contributed by atoms with Crippen LogP contribution in [0.5, 0.6) is 0 Å². The molecule has 0 aliphatic carbocycles. The predicted molar refractivity (Wildman–Crippen MR) is 52.1 cm³/mol. The zero-order chi connectivity index (χ0) is 9.38. The number of rotatable bonds is 1. The van der Waals surface area contributed by atoms with Crippen molar-refractivity contribution in [3.8, 4) is 0 Å². The average molecular weight is 193 g/mol. The first kappa shape index (κ1) is 8.44. The van der Waals surface area contributed by atoms with Crippen LogP contribution in [0.15, 0.2) is 6.20 Å². The molecule has 14 heavy (non-hydrogen) atoms. The van der Waals surface area contributed by atoms with E-state index in [9.17, 15) is 0 Å². The van der Waals surface area contributed by atoms with E-state index in [1.165, 1.54) is 17.7 Å². The molecule has 0 saturated carbocycles. The van der Waals surface area contributed by atoms with Crippen LogP contribution in [-0.4, -0.2) is 29.5 Å². The molecule has 1 aromatic rings. The van der Waals surface area contributed by atoms with Crippen LogP contribution in [0.25, 0.3) is 0 Å². The number of ether oxygens (including phenoxy) is 1. The minimum absolute atomic E-state index is 0.497. The van der Waals surface area contributed by atoms with Crippen LogP contribution in [-0.2, 0) is 17.7 Å². The van der Waals surface area contributed by atoms with Gasteiger partial charge in [0.05, 0.1) is 25.5 Å². The van der Waals surface area contributed by atoms with Crippen LogP contribution in [0, 0.1) is 0 Å². The van der Waals surface area contributed by atoms with Gasteiger partial charge in [-0.05, 0) is 19.4 Å². The van der Waals surface area contributed by atoms with Crippen molar-refractivity contribution in [1.29, 1.82) is 0 Å². The van der Waals surface area contributed by atoms with Gasteiger partial charge in [-0.25, -0.2) is 0 Å². The third-order valence-corrected chi connectivity index (χ3v) is 3.03. The number of hydrogen-bond donors (Lipinski definition) is 1. The lowest BCUT2D eigenvalue weighted by Crippen LogP contribution is -2.32. The summed E-state index contributed by atoms with van der Waals surface area (Å²) in [5.74, 6) is 0. The molecule has 4 nitrogen and oxygen atoms in total. The van der Waals surface area contributed by atoms with E-state index in [0.29, 0.717) is 6.04 Å². The van der Waals surface area contributed by atoms with Crippen molar-refractivity contribution in [2.75, 3.05) is 19.8 Å². The quantitative estimate of drug-likeness (QED) is 0.705. The highest BCUT2D eigenvalue weighted by atomic mass is 16.5. The first-order valence-electron chi connectivity index (χ1n) is 5.29. The standard InChI is InChI=1S/C10H15N3O/c1-2-10-8(4-11-3-1)5-12-13(10)9-6-14-7-9/h5,9,11H,1-4,6-7H2. The Labute approximate surface area is 83.2 Å². The highest BCUT2D eigenvalue weighted by Crippen LogP contribution is 2.22. The van der Waals surface area contributed by atoms with E-state index in [1.807, 2.05) is 6.20 Å². The molecule has 0 bridgehead atoms. The Hall–Kier alpha value is -0.870. The summed E-state index contributed by atoms with van der Waals surface area (Å²) in [6.45, 7) is 3.77. The Kier molecular flexibility index (Phi) is 2.03. The van der Waals surface area contributed by atoms with E-state index in [2.05, 4.69) is 15.1 Å². The van der Waals surface area contributed by atoms with Crippen LogP contribution in [0.2, 0.25) is 0 Å². The van der Waals surface area contributed by atoms with Crippen molar-refractivity contribution in [2.24, 2.45) is 0 Å². The second-order valence-electron chi connectivity index (χ2n) is 4.03. The zero-order valence-corrected chi connectivity index (χ0v) is 8.20. The maximum Gasteiger partial charge on any atom is 0.0988 e. The van der Waals surface area contributed by atoms with Gasteiger partial charge in [0.15, 0.2) is 0 Å². The van der Waals surface area contributed by atoms with Gasteiger partial charge in [-0.2, -0.15) is 5.10 Å². The molecule has 0 atom stereocenters. The molecule has 76 valence electrons. The van der Waals surface area contributed by atoms with Crippen molar-refractivity contribution in [2.45, 2.75) is 25.4 Å². The van der Waals surface area contributed by atoms with E-state index in [1.54, 1.807) is 0 Å². The summed E-state index contributed by atoms with van der Waals surface area (Å²) < 4.78 is 7.38. The molecule has 0 aromatic carbocycles. The minimum Gasteiger partial charge on any atom is -0.377 e. The molecule has 1 fully saturated rings. The molecule has 2 aliphatic heterocycles. The van der Waals surface area contributed by atoms with E-state index >= 15 is 0 Å². The van der Waals surface area contributed by atoms with Crippen molar-refractivity contribution in [3.63, 3.8) is 0 Å². The fourth-order valence-electron chi connectivity index (χ4n) is 2.13. The summed E-state index contributed by atoms with van der Waals surface area (Å²) in [4.78, 5) is 0. The molecule has 3 heterocycles. The highest BCUT2D eigenvalue weighted by Gasteiger charge is 2.25. The second kappa shape index (κ2) is 3.37. The Morgan fingerprint density at radius 2 is 2.43 bits per heavy atom. The maximum atomic E-state index is 5.20. The molecule has 0 radical (unpaired) electrons. The molecule has 1 N–H and O–H groups in total. The monoisotopic (exact) mass is 193 g/mol. The van der Waals surface area contributed by atoms with Gasteiger partial charge < -0.3 is 10.1 Å². The Balaban J connectivity index is 1.92. The SMILES string of the molecule is c1nn(C2COC2)c2c1CNCCC2. The minimum atomic E-state index is 0.497. The Morgan fingerprint density at radius 3 is 3.21 bits per heavy atom. The van der Waals surface area contributed by atoms with Crippen molar-refractivity contribution < 1.29 is 4.74 Å². The van der Waals surface area contributed by atoms with Crippen LogP contribution in [0.3, 0.4) is 0 Å². The Morgan fingerprint density at radius 1 is 1.50 bits per heavy atom. The topological polar surface area (TPSA) is 39.1 Å². The Bertz CT molecular complexity index is 330. The lowest BCUT2D eigenvalue weighted by Gasteiger charge is -2.27. The van der Waals surface area contributed by atoms with Crippen LogP contribution >= 0.6 is 0 Å². The highest BCUT2D eigenvalue weighted by molar-refractivity contribution is 5.20. The third kappa shape index (κ3) is 1.26. The first-order valence-corrected chi connectivity index (χ1v) is 5.29. The van der Waals surface area contributed by atoms with Crippen molar-refractivity contribution in [1.82, 2.24) is 15.1 Å². The molecule has 0 amide bonds. The fraction of sp³-hybridized carbons (Fsp3) is 0.700. The fourth-order valence-corrected chi connectivity index (χ4v) is 2.13. The molecule has 0 unspecified atom stereocenters. The van der Waals surface area contributed by atoms with Gasteiger partial charge in [0, 0.05) is 17.8 Å². The van der Waals surface area contributed by atoms with Crippen LogP contribution in [0.1, 0.15) is 23.7 Å². The summed E-state index contributed by atoms with van der Waals surface area (Å²) >= 11 is 0. The molecule has 3 rings (SSSR count). The van der Waals surface area contributed by atoms with E-state index in [4.69, 9.17) is 4.74 Å². The molecule has 1 aromatic heterocycles. The smallest absolute Gasteiger partial charge is 0.0988 e. The van der Waals surface area contributed by atoms with Crippen molar-refractivity contribution >= 4 is 0 Å². The van der Waals surface area contributed by atoms with Gasteiger partial charge in [-0.3, -0.25) is 4.68 Å². The summed E-state index contributed by atoms with van der Waals surface area (Å²) in [5, 5.41) is 7.87. The van der Waals surface area contributed by atoms with E-state index < -0.39 is 0 Å². The molecule has 2 aliphatic rings. The second-order valence-corrected chi connectivity index (χ2v) is 4.03. The summed E-state index contributed by atoms with van der Waals surface area (Å²) in [6.07, 6.45) is 4.37. The molecular formula is C10H15N3O. The maximum absolute atomic E-state index is 5.20. The lowest BCUT2D eigenvalue weighted by molar-refractivity contribution is -0.0298.